The van der Waals surface area contributed by atoms with E-state index in [1.54, 1.807) is 24.5 Å². The van der Waals surface area contributed by atoms with E-state index < -0.39 is 0 Å². The predicted molar refractivity (Wildman–Crippen MR) is 82.4 cm³/mol. The summed E-state index contributed by atoms with van der Waals surface area (Å²) in [6.07, 6.45) is 3.26. The normalized spacial score (nSPS) is 17.0. The van der Waals surface area contributed by atoms with E-state index in [1.165, 1.54) is 12.1 Å². The molecular weight excluding hydrogens is 299 g/mol. The molecule has 0 bridgehead atoms. The molecule has 1 amide bonds. The average Bonchev–Trinajstić information content (AvgIpc) is 2.98. The Hall–Kier alpha value is -2.34. The van der Waals surface area contributed by atoms with E-state index in [4.69, 9.17) is 9.15 Å². The summed E-state index contributed by atoms with van der Waals surface area (Å²) in [4.78, 5) is 11.9. The fraction of sp³-hybridized carbons (Fsp3) is 0.353. The van der Waals surface area contributed by atoms with E-state index in [9.17, 15) is 9.18 Å². The van der Waals surface area contributed by atoms with Gasteiger partial charge in [0.1, 0.15) is 17.3 Å². The van der Waals surface area contributed by atoms with Gasteiger partial charge in [-0.3, -0.25) is 4.79 Å². The Morgan fingerprint density at radius 2 is 2.26 bits per heavy atom. The summed E-state index contributed by atoms with van der Waals surface area (Å²) in [6, 6.07) is 8.09. The molecule has 1 atom stereocenters. The molecule has 1 aliphatic rings. The van der Waals surface area contributed by atoms with Crippen LogP contribution in [0.3, 0.4) is 0 Å². The highest BCUT2D eigenvalue weighted by Gasteiger charge is 2.20. The third-order valence-corrected chi connectivity index (χ3v) is 3.79. The minimum absolute atomic E-state index is 0.0255. The van der Waals surface area contributed by atoms with Gasteiger partial charge in [0.2, 0.25) is 5.91 Å². The third-order valence-electron chi connectivity index (χ3n) is 3.79. The first-order chi connectivity index (χ1) is 11.2. The van der Waals surface area contributed by atoms with Gasteiger partial charge in [0.25, 0.3) is 0 Å². The van der Waals surface area contributed by atoms with E-state index >= 15 is 0 Å². The first-order valence-corrected chi connectivity index (χ1v) is 7.67. The number of hydrogen-bond donors (Lipinski definition) is 2. The van der Waals surface area contributed by atoms with Crippen molar-refractivity contribution in [3.63, 3.8) is 0 Å². The Bertz CT molecular complexity index is 658. The van der Waals surface area contributed by atoms with Gasteiger partial charge in [-0.2, -0.15) is 0 Å². The van der Waals surface area contributed by atoms with E-state index in [1.807, 2.05) is 0 Å². The Morgan fingerprint density at radius 1 is 1.35 bits per heavy atom. The molecule has 2 N–H and O–H groups in total. The van der Waals surface area contributed by atoms with Crippen molar-refractivity contribution in [3.05, 3.63) is 53.7 Å². The van der Waals surface area contributed by atoms with Gasteiger partial charge in [-0.05, 0) is 31.0 Å². The number of rotatable bonds is 5. The summed E-state index contributed by atoms with van der Waals surface area (Å²) in [7, 11) is 0. The van der Waals surface area contributed by atoms with Crippen LogP contribution in [-0.2, 0) is 11.3 Å². The number of amides is 1. The minimum Gasteiger partial charge on any atom is -0.493 e. The number of benzene rings is 1. The number of carbonyl (C=O) groups is 1. The Kier molecular flexibility index (Phi) is 4.92. The van der Waals surface area contributed by atoms with Crippen molar-refractivity contribution in [3.8, 4) is 5.75 Å². The SMILES string of the molecule is O=C(CNC1CCCOc2cc(F)ccc21)NCc1ccco1. The summed E-state index contributed by atoms with van der Waals surface area (Å²) >= 11 is 0. The molecule has 5 nitrogen and oxygen atoms in total. The largest absolute Gasteiger partial charge is 0.493 e. The Balaban J connectivity index is 1.56. The van der Waals surface area contributed by atoms with Crippen molar-refractivity contribution < 1.29 is 18.3 Å². The van der Waals surface area contributed by atoms with Gasteiger partial charge in [-0.1, -0.05) is 6.07 Å². The van der Waals surface area contributed by atoms with Gasteiger partial charge in [0.05, 0.1) is 26.0 Å². The van der Waals surface area contributed by atoms with Gasteiger partial charge in [0, 0.05) is 17.7 Å². The molecule has 2 aromatic rings. The topological polar surface area (TPSA) is 63.5 Å². The summed E-state index contributed by atoms with van der Waals surface area (Å²) in [5, 5.41) is 6.01. The Morgan fingerprint density at radius 3 is 3.09 bits per heavy atom. The monoisotopic (exact) mass is 318 g/mol. The highest BCUT2D eigenvalue weighted by molar-refractivity contribution is 5.78. The maximum atomic E-state index is 13.3. The first kappa shape index (κ1) is 15.6. The molecule has 1 aromatic heterocycles. The molecule has 1 unspecified atom stereocenters. The Labute approximate surface area is 133 Å². The average molecular weight is 318 g/mol. The molecule has 3 rings (SSSR count). The lowest BCUT2D eigenvalue weighted by Crippen LogP contribution is -2.35. The smallest absolute Gasteiger partial charge is 0.234 e. The minimum atomic E-state index is -0.319. The van der Waals surface area contributed by atoms with E-state index in [-0.39, 0.29) is 24.3 Å². The van der Waals surface area contributed by atoms with Gasteiger partial charge in [-0.25, -0.2) is 4.39 Å². The van der Waals surface area contributed by atoms with Gasteiger partial charge >= 0.3 is 0 Å². The quantitative estimate of drug-likeness (QED) is 0.889. The van der Waals surface area contributed by atoms with Crippen LogP contribution in [0, 0.1) is 5.82 Å². The summed E-state index contributed by atoms with van der Waals surface area (Å²) < 4.78 is 24.1. The first-order valence-electron chi connectivity index (χ1n) is 7.67. The van der Waals surface area contributed by atoms with Crippen molar-refractivity contribution in [1.29, 1.82) is 0 Å². The van der Waals surface area contributed by atoms with Gasteiger partial charge < -0.3 is 19.8 Å². The molecule has 122 valence electrons. The molecule has 1 aliphatic heterocycles. The molecule has 0 saturated carbocycles. The molecule has 0 aliphatic carbocycles. The predicted octanol–water partition coefficient (Wildman–Crippen LogP) is 2.54. The molecular formula is C17H19FN2O3. The number of fused-ring (bicyclic) bond motifs is 1. The number of furan rings is 1. The number of ether oxygens (including phenoxy) is 1. The number of carbonyl (C=O) groups excluding carboxylic acids is 1. The van der Waals surface area contributed by atoms with E-state index in [0.717, 1.165) is 18.4 Å². The van der Waals surface area contributed by atoms with Crippen molar-refractivity contribution in [2.45, 2.75) is 25.4 Å². The highest BCUT2D eigenvalue weighted by atomic mass is 19.1. The van der Waals surface area contributed by atoms with Crippen LogP contribution in [0.4, 0.5) is 4.39 Å². The zero-order chi connectivity index (χ0) is 16.1. The summed E-state index contributed by atoms with van der Waals surface area (Å²) in [6.45, 7) is 1.10. The van der Waals surface area contributed by atoms with Crippen molar-refractivity contribution in [1.82, 2.24) is 10.6 Å². The van der Waals surface area contributed by atoms with Crippen LogP contribution in [0.5, 0.6) is 5.75 Å². The fourth-order valence-corrected chi connectivity index (χ4v) is 2.64. The third kappa shape index (κ3) is 4.10. The lowest BCUT2D eigenvalue weighted by molar-refractivity contribution is -0.120. The van der Waals surface area contributed by atoms with Crippen LogP contribution in [0.25, 0.3) is 0 Å². The molecule has 0 fully saturated rings. The summed E-state index contributed by atoms with van der Waals surface area (Å²) in [5.41, 5.74) is 0.891. The molecule has 0 saturated heterocycles. The number of hydrogen-bond acceptors (Lipinski definition) is 4. The second kappa shape index (κ2) is 7.28. The van der Waals surface area contributed by atoms with E-state index in [0.29, 0.717) is 24.7 Å². The lowest BCUT2D eigenvalue weighted by Gasteiger charge is -2.18. The molecule has 0 spiro atoms. The summed E-state index contributed by atoms with van der Waals surface area (Å²) in [5.74, 6) is 0.828. The maximum absolute atomic E-state index is 13.3. The molecule has 6 heteroatoms. The zero-order valence-corrected chi connectivity index (χ0v) is 12.7. The van der Waals surface area contributed by atoms with Crippen LogP contribution in [0.15, 0.2) is 41.0 Å². The number of nitrogens with one attached hydrogen (secondary N) is 2. The zero-order valence-electron chi connectivity index (χ0n) is 12.7. The van der Waals surface area contributed by atoms with Gasteiger partial charge in [-0.15, -0.1) is 0 Å². The number of halogens is 1. The standard InChI is InChI=1S/C17H19FN2O3/c18-12-5-6-14-15(4-2-8-23-16(14)9-12)19-11-17(21)20-10-13-3-1-7-22-13/h1,3,5-7,9,15,19H,2,4,8,10-11H2,(H,20,21). The van der Waals surface area contributed by atoms with Crippen LogP contribution < -0.4 is 15.4 Å². The molecule has 1 aromatic carbocycles. The molecule has 0 radical (unpaired) electrons. The molecule has 23 heavy (non-hydrogen) atoms. The second-order valence-corrected chi connectivity index (χ2v) is 5.46. The fourth-order valence-electron chi connectivity index (χ4n) is 2.64. The van der Waals surface area contributed by atoms with Crippen LogP contribution in [-0.4, -0.2) is 19.1 Å². The van der Waals surface area contributed by atoms with Crippen LogP contribution in [0.1, 0.15) is 30.2 Å². The van der Waals surface area contributed by atoms with Crippen molar-refractivity contribution in [2.24, 2.45) is 0 Å². The van der Waals surface area contributed by atoms with Crippen LogP contribution >= 0.6 is 0 Å². The van der Waals surface area contributed by atoms with Crippen molar-refractivity contribution in [2.75, 3.05) is 13.2 Å². The van der Waals surface area contributed by atoms with Crippen LogP contribution in [0.2, 0.25) is 0 Å². The van der Waals surface area contributed by atoms with Crippen molar-refractivity contribution >= 4 is 5.91 Å². The van der Waals surface area contributed by atoms with E-state index in [2.05, 4.69) is 10.6 Å². The second-order valence-electron chi connectivity index (χ2n) is 5.46. The molecule has 2 heterocycles. The lowest BCUT2D eigenvalue weighted by atomic mass is 10.0. The highest BCUT2D eigenvalue weighted by Crippen LogP contribution is 2.31. The van der Waals surface area contributed by atoms with Gasteiger partial charge in [0.15, 0.2) is 0 Å². The maximum Gasteiger partial charge on any atom is 0.234 e.